The third-order valence-electron chi connectivity index (χ3n) is 5.59. The Morgan fingerprint density at radius 2 is 1.73 bits per heavy atom. The highest BCUT2D eigenvalue weighted by molar-refractivity contribution is 7.92. The van der Waals surface area contributed by atoms with Crippen LogP contribution in [0.5, 0.6) is 0 Å². The van der Waals surface area contributed by atoms with Crippen LogP contribution in [0.2, 0.25) is 0 Å². The Balaban J connectivity index is 1.63. The van der Waals surface area contributed by atoms with Crippen LogP contribution in [0.25, 0.3) is 10.2 Å². The highest BCUT2D eigenvalue weighted by Gasteiger charge is 2.16. The molecule has 0 aliphatic heterocycles. The van der Waals surface area contributed by atoms with Crippen LogP contribution in [0.4, 0.5) is 10.1 Å². The number of hydrogen-bond acceptors (Lipinski definition) is 6. The fourth-order valence-electron chi connectivity index (χ4n) is 3.54. The first-order valence-electron chi connectivity index (χ1n) is 11.2. The second-order valence-corrected chi connectivity index (χ2v) is 11.2. The molecular weight excluding hydrogens is 517 g/mol. The van der Waals surface area contributed by atoms with Gasteiger partial charge in [-0.3, -0.25) is 14.3 Å². The van der Waals surface area contributed by atoms with Crippen molar-refractivity contribution in [2.24, 2.45) is 4.99 Å². The predicted octanol–water partition coefficient (Wildman–Crippen LogP) is 4.68. The van der Waals surface area contributed by atoms with E-state index in [0.29, 0.717) is 10.7 Å². The number of thiazole rings is 1. The summed E-state index contributed by atoms with van der Waals surface area (Å²) in [6.45, 7) is 4.05. The third kappa shape index (κ3) is 5.95. The Hall–Kier alpha value is -3.83. The summed E-state index contributed by atoms with van der Waals surface area (Å²) in [6, 6.07) is 16.1. The van der Waals surface area contributed by atoms with Gasteiger partial charge >= 0.3 is 5.97 Å². The van der Waals surface area contributed by atoms with Gasteiger partial charge in [-0.1, -0.05) is 31.3 Å². The molecular formula is C26H24FN3O5S2. The van der Waals surface area contributed by atoms with Gasteiger partial charge in [-0.15, -0.1) is 0 Å². The number of hydrogen-bond donors (Lipinski definition) is 1. The molecule has 0 aliphatic carbocycles. The number of amides is 1. The van der Waals surface area contributed by atoms with E-state index in [1.165, 1.54) is 42.7 Å². The summed E-state index contributed by atoms with van der Waals surface area (Å²) in [5.74, 6) is -1.26. The summed E-state index contributed by atoms with van der Waals surface area (Å²) < 4.78 is 47.9. The van der Waals surface area contributed by atoms with Gasteiger partial charge < -0.3 is 9.30 Å². The van der Waals surface area contributed by atoms with Crippen molar-refractivity contribution in [3.05, 3.63) is 88.5 Å². The number of sulfonamides is 1. The third-order valence-corrected chi connectivity index (χ3v) is 8.03. The number of carbonyl (C=O) groups excluding carboxylic acids is 2. The van der Waals surface area contributed by atoms with Gasteiger partial charge in [-0.2, -0.15) is 4.99 Å². The molecule has 8 nitrogen and oxygen atoms in total. The minimum absolute atomic E-state index is 0.0930. The van der Waals surface area contributed by atoms with Crippen molar-refractivity contribution in [1.29, 1.82) is 0 Å². The second kappa shape index (κ2) is 10.7. The SMILES string of the molecule is COC(=O)Cn1c(=NC(=O)c2ccc(NS(=O)(=O)c3ccc(F)cc3)cc2)sc2cc(C(C)C)ccc21. The van der Waals surface area contributed by atoms with Crippen LogP contribution in [-0.2, 0) is 26.1 Å². The number of anilines is 1. The summed E-state index contributed by atoms with van der Waals surface area (Å²) in [4.78, 5) is 29.5. The molecule has 0 aliphatic rings. The van der Waals surface area contributed by atoms with Gasteiger partial charge in [0.15, 0.2) is 4.80 Å². The number of carbonyl (C=O) groups is 2. The average molecular weight is 542 g/mol. The maximum absolute atomic E-state index is 13.1. The summed E-state index contributed by atoms with van der Waals surface area (Å²) in [7, 11) is -2.63. The predicted molar refractivity (Wildman–Crippen MR) is 139 cm³/mol. The lowest BCUT2D eigenvalue weighted by Crippen LogP contribution is -2.22. The summed E-state index contributed by atoms with van der Waals surface area (Å²) in [5.41, 5.74) is 2.34. The molecule has 4 aromatic rings. The summed E-state index contributed by atoms with van der Waals surface area (Å²) in [6.07, 6.45) is 0. The van der Waals surface area contributed by atoms with E-state index in [-0.39, 0.29) is 22.7 Å². The number of aromatic nitrogens is 1. The number of esters is 1. The highest BCUT2D eigenvalue weighted by atomic mass is 32.2. The number of ether oxygens (including phenoxy) is 1. The number of halogens is 1. The first-order valence-corrected chi connectivity index (χ1v) is 13.5. The lowest BCUT2D eigenvalue weighted by molar-refractivity contribution is -0.141. The highest BCUT2D eigenvalue weighted by Crippen LogP contribution is 2.24. The topological polar surface area (TPSA) is 107 Å². The number of benzene rings is 3. The lowest BCUT2D eigenvalue weighted by atomic mass is 10.0. The van der Waals surface area contributed by atoms with Gasteiger partial charge in [0.1, 0.15) is 12.4 Å². The molecule has 0 atom stereocenters. The van der Waals surface area contributed by atoms with Crippen molar-refractivity contribution in [3.8, 4) is 0 Å². The minimum Gasteiger partial charge on any atom is -0.468 e. The molecule has 192 valence electrons. The van der Waals surface area contributed by atoms with Gasteiger partial charge in [0.05, 0.1) is 22.2 Å². The number of fused-ring (bicyclic) bond motifs is 1. The Bertz CT molecular complexity index is 1640. The quantitative estimate of drug-likeness (QED) is 0.342. The molecule has 1 aromatic heterocycles. The van der Waals surface area contributed by atoms with Crippen molar-refractivity contribution in [1.82, 2.24) is 4.57 Å². The van der Waals surface area contributed by atoms with Gasteiger partial charge in [0.2, 0.25) is 0 Å². The maximum Gasteiger partial charge on any atom is 0.325 e. The fraction of sp³-hybridized carbons (Fsp3) is 0.192. The minimum atomic E-state index is -3.93. The van der Waals surface area contributed by atoms with Gasteiger partial charge in [-0.25, -0.2) is 12.8 Å². The first kappa shape index (κ1) is 26.2. The van der Waals surface area contributed by atoms with E-state index in [2.05, 4.69) is 23.6 Å². The van der Waals surface area contributed by atoms with Crippen molar-refractivity contribution in [2.45, 2.75) is 31.2 Å². The van der Waals surface area contributed by atoms with E-state index in [9.17, 15) is 22.4 Å². The van der Waals surface area contributed by atoms with Crippen LogP contribution in [0.15, 0.2) is 76.6 Å². The smallest absolute Gasteiger partial charge is 0.325 e. The monoisotopic (exact) mass is 541 g/mol. The Kier molecular flexibility index (Phi) is 7.55. The molecule has 0 radical (unpaired) electrons. The van der Waals surface area contributed by atoms with Crippen molar-refractivity contribution in [3.63, 3.8) is 0 Å². The molecule has 11 heteroatoms. The van der Waals surface area contributed by atoms with Crippen molar-refractivity contribution in [2.75, 3.05) is 11.8 Å². The average Bonchev–Trinajstić information content (AvgIpc) is 3.20. The molecule has 3 aromatic carbocycles. The van der Waals surface area contributed by atoms with Crippen LogP contribution in [0, 0.1) is 5.82 Å². The normalized spacial score (nSPS) is 12.2. The largest absolute Gasteiger partial charge is 0.468 e. The zero-order valence-corrected chi connectivity index (χ0v) is 21.9. The van der Waals surface area contributed by atoms with E-state index in [1.54, 1.807) is 4.57 Å². The Morgan fingerprint density at radius 3 is 2.35 bits per heavy atom. The molecule has 1 heterocycles. The van der Waals surface area contributed by atoms with Crippen LogP contribution in [-0.4, -0.2) is 32.0 Å². The molecule has 0 fully saturated rings. The molecule has 0 bridgehead atoms. The lowest BCUT2D eigenvalue weighted by Gasteiger charge is -2.08. The molecule has 37 heavy (non-hydrogen) atoms. The Morgan fingerprint density at radius 1 is 1.05 bits per heavy atom. The second-order valence-electron chi connectivity index (χ2n) is 8.48. The zero-order chi connectivity index (χ0) is 26.7. The molecule has 0 saturated carbocycles. The van der Waals surface area contributed by atoms with Gasteiger partial charge in [0, 0.05) is 11.3 Å². The van der Waals surface area contributed by atoms with E-state index < -0.39 is 27.7 Å². The molecule has 0 spiro atoms. The number of nitrogens with zero attached hydrogens (tertiary/aromatic N) is 2. The Labute approximate surface area is 217 Å². The molecule has 4 rings (SSSR count). The van der Waals surface area contributed by atoms with E-state index in [4.69, 9.17) is 4.74 Å². The number of methoxy groups -OCH3 is 1. The van der Waals surface area contributed by atoms with Gasteiger partial charge in [0.25, 0.3) is 15.9 Å². The summed E-state index contributed by atoms with van der Waals surface area (Å²) >= 11 is 1.29. The van der Waals surface area contributed by atoms with E-state index >= 15 is 0 Å². The van der Waals surface area contributed by atoms with Crippen LogP contribution < -0.4 is 9.52 Å². The molecule has 1 N–H and O–H groups in total. The van der Waals surface area contributed by atoms with Crippen LogP contribution in [0.1, 0.15) is 35.7 Å². The first-order chi connectivity index (χ1) is 17.6. The van der Waals surface area contributed by atoms with Crippen molar-refractivity contribution >= 4 is 49.1 Å². The maximum atomic E-state index is 13.1. The van der Waals surface area contributed by atoms with E-state index in [1.807, 2.05) is 18.2 Å². The standard InChI is InChI=1S/C26H24FN3O5S2/c1-16(2)18-6-13-22-23(14-18)36-26(30(22)15-24(31)35-3)28-25(32)17-4-9-20(10-5-17)29-37(33,34)21-11-7-19(27)8-12-21/h4-14,16,29H,15H2,1-3H3. The summed E-state index contributed by atoms with van der Waals surface area (Å²) in [5, 5.41) is 0. The molecule has 0 unspecified atom stereocenters. The van der Waals surface area contributed by atoms with Crippen LogP contribution >= 0.6 is 11.3 Å². The fourth-order valence-corrected chi connectivity index (χ4v) is 5.68. The molecule has 0 saturated heterocycles. The van der Waals surface area contributed by atoms with Gasteiger partial charge in [-0.05, 0) is 72.1 Å². The molecule has 1 amide bonds. The van der Waals surface area contributed by atoms with Crippen molar-refractivity contribution < 1.29 is 27.1 Å². The number of rotatable bonds is 7. The number of nitrogens with one attached hydrogen (secondary N) is 1. The van der Waals surface area contributed by atoms with E-state index in [0.717, 1.165) is 40.0 Å². The zero-order valence-electron chi connectivity index (χ0n) is 20.3. The van der Waals surface area contributed by atoms with Crippen LogP contribution in [0.3, 0.4) is 0 Å².